The summed E-state index contributed by atoms with van der Waals surface area (Å²) in [5, 5.41) is 3.19. The second-order valence-electron chi connectivity index (χ2n) is 4.65. The van der Waals surface area contributed by atoms with Crippen LogP contribution in [0, 0.1) is 0 Å². The molecule has 1 aromatic rings. The van der Waals surface area contributed by atoms with E-state index in [2.05, 4.69) is 10.3 Å². The number of nitrogens with zero attached hydrogens (tertiary/aromatic N) is 2. The molecule has 5 heteroatoms. The van der Waals surface area contributed by atoms with Gasteiger partial charge in [0.1, 0.15) is 0 Å². The molecule has 0 radical (unpaired) electrons. The Morgan fingerprint density at radius 2 is 1.95 bits per heavy atom. The van der Waals surface area contributed by atoms with E-state index in [1.807, 2.05) is 19.1 Å². The highest BCUT2D eigenvalue weighted by atomic mass is 16.2. The minimum atomic E-state index is -0.0850. The van der Waals surface area contributed by atoms with Gasteiger partial charge >= 0.3 is 0 Å². The van der Waals surface area contributed by atoms with Gasteiger partial charge in [0.2, 0.25) is 11.8 Å². The fourth-order valence-electron chi connectivity index (χ4n) is 2.18. The van der Waals surface area contributed by atoms with Gasteiger partial charge in [0.25, 0.3) is 0 Å². The average Bonchev–Trinajstić information content (AvgIpc) is 2.55. The lowest BCUT2D eigenvalue weighted by atomic mass is 10.2. The zero-order chi connectivity index (χ0) is 13.7. The molecule has 0 spiro atoms. The van der Waals surface area contributed by atoms with E-state index in [1.165, 1.54) is 4.90 Å². The molecule has 1 fully saturated rings. The van der Waals surface area contributed by atoms with Gasteiger partial charge in [-0.05, 0) is 31.9 Å². The summed E-state index contributed by atoms with van der Waals surface area (Å²) < 4.78 is 0. The summed E-state index contributed by atoms with van der Waals surface area (Å²) >= 11 is 0. The summed E-state index contributed by atoms with van der Waals surface area (Å²) in [6, 6.07) is 3.76. The van der Waals surface area contributed by atoms with Crippen molar-refractivity contribution in [2.45, 2.75) is 39.2 Å². The predicted molar refractivity (Wildman–Crippen MR) is 72.4 cm³/mol. The van der Waals surface area contributed by atoms with Gasteiger partial charge in [-0.3, -0.25) is 19.5 Å². The molecule has 0 saturated carbocycles. The Labute approximate surface area is 113 Å². The third-order valence-corrected chi connectivity index (χ3v) is 3.15. The molecule has 0 atom stereocenters. The zero-order valence-corrected chi connectivity index (χ0v) is 11.2. The standard InChI is InChI=1S/C14H19N3O2/c1-2-15-11-7-8-16-12(9-11)10-17-13(18)5-3-4-6-14(17)19/h7-9H,2-6,10H2,1H3,(H,15,16). The number of hydrogen-bond acceptors (Lipinski definition) is 4. The molecule has 2 amide bonds. The van der Waals surface area contributed by atoms with Crippen molar-refractivity contribution in [3.63, 3.8) is 0 Å². The average molecular weight is 261 g/mol. The minimum Gasteiger partial charge on any atom is -0.385 e. The number of pyridine rings is 1. The van der Waals surface area contributed by atoms with Crippen LogP contribution in [0.5, 0.6) is 0 Å². The predicted octanol–water partition coefficient (Wildman–Crippen LogP) is 1.94. The molecular formula is C14H19N3O2. The second-order valence-corrected chi connectivity index (χ2v) is 4.65. The summed E-state index contributed by atoms with van der Waals surface area (Å²) in [4.78, 5) is 29.4. The van der Waals surface area contributed by atoms with E-state index >= 15 is 0 Å². The minimum absolute atomic E-state index is 0.0850. The van der Waals surface area contributed by atoms with Gasteiger partial charge in [0.15, 0.2) is 0 Å². The lowest BCUT2D eigenvalue weighted by Gasteiger charge is -2.18. The highest BCUT2D eigenvalue weighted by molar-refractivity contribution is 5.95. The van der Waals surface area contributed by atoms with Crippen molar-refractivity contribution in [2.24, 2.45) is 0 Å². The van der Waals surface area contributed by atoms with Gasteiger partial charge in [-0.1, -0.05) is 0 Å². The van der Waals surface area contributed by atoms with E-state index in [1.54, 1.807) is 6.20 Å². The van der Waals surface area contributed by atoms with E-state index < -0.39 is 0 Å². The molecule has 0 bridgehead atoms. The maximum Gasteiger partial charge on any atom is 0.229 e. The van der Waals surface area contributed by atoms with Crippen molar-refractivity contribution in [3.8, 4) is 0 Å². The Bertz CT molecular complexity index is 456. The number of imide groups is 1. The van der Waals surface area contributed by atoms with Gasteiger partial charge in [-0.25, -0.2) is 0 Å². The van der Waals surface area contributed by atoms with Crippen LogP contribution in [0.25, 0.3) is 0 Å². The van der Waals surface area contributed by atoms with Gasteiger partial charge < -0.3 is 5.32 Å². The van der Waals surface area contributed by atoms with Crippen LogP contribution >= 0.6 is 0 Å². The van der Waals surface area contributed by atoms with E-state index in [4.69, 9.17) is 0 Å². The monoisotopic (exact) mass is 261 g/mol. The van der Waals surface area contributed by atoms with Crippen LogP contribution in [0.4, 0.5) is 5.69 Å². The molecule has 0 aromatic carbocycles. The fraction of sp³-hybridized carbons (Fsp3) is 0.500. The first kappa shape index (κ1) is 13.5. The molecular weight excluding hydrogens is 242 g/mol. The number of rotatable bonds is 4. The smallest absolute Gasteiger partial charge is 0.229 e. The molecule has 0 aliphatic carbocycles. The Hall–Kier alpha value is -1.91. The molecule has 1 aromatic heterocycles. The molecule has 102 valence electrons. The van der Waals surface area contributed by atoms with E-state index in [0.717, 1.165) is 30.8 Å². The van der Waals surface area contributed by atoms with Crippen molar-refractivity contribution in [3.05, 3.63) is 24.0 Å². The summed E-state index contributed by atoms with van der Waals surface area (Å²) in [6.45, 7) is 3.11. The maximum atomic E-state index is 11.9. The number of nitrogens with one attached hydrogen (secondary N) is 1. The summed E-state index contributed by atoms with van der Waals surface area (Å²) in [5.41, 5.74) is 1.70. The summed E-state index contributed by atoms with van der Waals surface area (Å²) in [7, 11) is 0. The van der Waals surface area contributed by atoms with Gasteiger partial charge in [0.05, 0.1) is 12.2 Å². The topological polar surface area (TPSA) is 62.3 Å². The fourth-order valence-corrected chi connectivity index (χ4v) is 2.18. The Kier molecular flexibility index (Phi) is 4.49. The van der Waals surface area contributed by atoms with Crippen molar-refractivity contribution in [1.82, 2.24) is 9.88 Å². The van der Waals surface area contributed by atoms with Crippen LogP contribution in [-0.4, -0.2) is 28.2 Å². The number of carbonyl (C=O) groups excluding carboxylic acids is 2. The normalized spacial score (nSPS) is 16.4. The van der Waals surface area contributed by atoms with E-state index in [9.17, 15) is 9.59 Å². The first-order valence-electron chi connectivity index (χ1n) is 6.72. The highest BCUT2D eigenvalue weighted by Gasteiger charge is 2.24. The SMILES string of the molecule is CCNc1ccnc(CN2C(=O)CCCCC2=O)c1. The Balaban J connectivity index is 2.12. The van der Waals surface area contributed by atoms with Gasteiger partial charge in [-0.15, -0.1) is 0 Å². The molecule has 1 aliphatic heterocycles. The van der Waals surface area contributed by atoms with Crippen LogP contribution in [0.2, 0.25) is 0 Å². The Morgan fingerprint density at radius 1 is 1.26 bits per heavy atom. The largest absolute Gasteiger partial charge is 0.385 e. The van der Waals surface area contributed by atoms with Crippen LogP contribution in [0.15, 0.2) is 18.3 Å². The number of amides is 2. The lowest BCUT2D eigenvalue weighted by Crippen LogP contribution is -2.34. The molecule has 19 heavy (non-hydrogen) atoms. The molecule has 2 heterocycles. The van der Waals surface area contributed by atoms with Crippen molar-refractivity contribution < 1.29 is 9.59 Å². The number of anilines is 1. The number of aromatic nitrogens is 1. The van der Waals surface area contributed by atoms with Crippen LogP contribution in [-0.2, 0) is 16.1 Å². The molecule has 0 unspecified atom stereocenters. The third kappa shape index (κ3) is 3.53. The van der Waals surface area contributed by atoms with Gasteiger partial charge in [-0.2, -0.15) is 0 Å². The molecule has 1 saturated heterocycles. The van der Waals surface area contributed by atoms with Crippen LogP contribution in [0.1, 0.15) is 38.3 Å². The molecule has 2 rings (SSSR count). The lowest BCUT2D eigenvalue weighted by molar-refractivity contribution is -0.144. The molecule has 1 N–H and O–H groups in total. The first-order valence-corrected chi connectivity index (χ1v) is 6.72. The van der Waals surface area contributed by atoms with E-state index in [0.29, 0.717) is 12.8 Å². The van der Waals surface area contributed by atoms with Crippen molar-refractivity contribution in [1.29, 1.82) is 0 Å². The number of likely N-dealkylation sites (tertiary alicyclic amines) is 1. The van der Waals surface area contributed by atoms with Crippen molar-refractivity contribution >= 4 is 17.5 Å². The van der Waals surface area contributed by atoms with Gasteiger partial charge in [0, 0.05) is 31.3 Å². The third-order valence-electron chi connectivity index (χ3n) is 3.15. The molecule has 5 nitrogen and oxygen atoms in total. The first-order chi connectivity index (χ1) is 9.20. The van der Waals surface area contributed by atoms with Crippen LogP contribution < -0.4 is 5.32 Å². The Morgan fingerprint density at radius 3 is 2.58 bits per heavy atom. The molecule has 1 aliphatic rings. The maximum absolute atomic E-state index is 11.9. The quantitative estimate of drug-likeness (QED) is 0.841. The van der Waals surface area contributed by atoms with Crippen molar-refractivity contribution in [2.75, 3.05) is 11.9 Å². The summed E-state index contributed by atoms with van der Waals surface area (Å²) in [6.07, 6.45) is 4.20. The number of hydrogen-bond donors (Lipinski definition) is 1. The summed E-state index contributed by atoms with van der Waals surface area (Å²) in [5.74, 6) is -0.170. The highest BCUT2D eigenvalue weighted by Crippen LogP contribution is 2.16. The van der Waals surface area contributed by atoms with Crippen LogP contribution in [0.3, 0.4) is 0 Å². The zero-order valence-electron chi connectivity index (χ0n) is 11.2. The second kappa shape index (κ2) is 6.31. The van der Waals surface area contributed by atoms with E-state index in [-0.39, 0.29) is 18.4 Å². The number of carbonyl (C=O) groups is 2.